The molecule has 0 saturated carbocycles. The van der Waals surface area contributed by atoms with Crippen LogP contribution in [-0.4, -0.2) is 20.9 Å². The van der Waals surface area contributed by atoms with Gasteiger partial charge in [-0.25, -0.2) is 4.98 Å². The van der Waals surface area contributed by atoms with Crippen molar-refractivity contribution in [3.8, 4) is 0 Å². The van der Waals surface area contributed by atoms with E-state index in [0.29, 0.717) is 6.54 Å². The SMILES string of the molecule is CC(c1ccccc1)n1ccnc1CNC(O)C(C)(C)C. The van der Waals surface area contributed by atoms with Crippen molar-refractivity contribution in [3.05, 3.63) is 54.1 Å². The molecular formula is C17H25N3O. The van der Waals surface area contributed by atoms with Gasteiger partial charge in [0.1, 0.15) is 12.1 Å². The highest BCUT2D eigenvalue weighted by Gasteiger charge is 2.22. The first kappa shape index (κ1) is 15.7. The zero-order valence-electron chi connectivity index (χ0n) is 13.2. The lowest BCUT2D eigenvalue weighted by molar-refractivity contribution is 0.0308. The molecular weight excluding hydrogens is 262 g/mol. The Morgan fingerprint density at radius 3 is 2.52 bits per heavy atom. The first-order valence-corrected chi connectivity index (χ1v) is 7.37. The fraction of sp³-hybridized carbons (Fsp3) is 0.471. The zero-order chi connectivity index (χ0) is 15.5. The van der Waals surface area contributed by atoms with Gasteiger partial charge in [-0.2, -0.15) is 0 Å². The van der Waals surface area contributed by atoms with E-state index < -0.39 is 6.23 Å². The van der Waals surface area contributed by atoms with Crippen molar-refractivity contribution in [1.29, 1.82) is 0 Å². The van der Waals surface area contributed by atoms with Crippen LogP contribution < -0.4 is 5.32 Å². The minimum Gasteiger partial charge on any atom is -0.378 e. The summed E-state index contributed by atoms with van der Waals surface area (Å²) in [5.41, 5.74) is 1.05. The molecule has 21 heavy (non-hydrogen) atoms. The summed E-state index contributed by atoms with van der Waals surface area (Å²) < 4.78 is 2.14. The highest BCUT2D eigenvalue weighted by Crippen LogP contribution is 2.20. The largest absolute Gasteiger partial charge is 0.378 e. The van der Waals surface area contributed by atoms with E-state index in [9.17, 15) is 5.11 Å². The highest BCUT2D eigenvalue weighted by molar-refractivity contribution is 5.20. The normalized spacial score (nSPS) is 14.9. The lowest BCUT2D eigenvalue weighted by atomic mass is 9.94. The van der Waals surface area contributed by atoms with Gasteiger partial charge >= 0.3 is 0 Å². The lowest BCUT2D eigenvalue weighted by Gasteiger charge is -2.27. The molecule has 2 aromatic rings. The van der Waals surface area contributed by atoms with Gasteiger partial charge in [0, 0.05) is 17.8 Å². The summed E-state index contributed by atoms with van der Waals surface area (Å²) in [6.45, 7) is 8.71. The fourth-order valence-corrected chi connectivity index (χ4v) is 2.22. The van der Waals surface area contributed by atoms with Crippen molar-refractivity contribution in [1.82, 2.24) is 14.9 Å². The second-order valence-electron chi connectivity index (χ2n) is 6.49. The summed E-state index contributed by atoms with van der Waals surface area (Å²) in [6.07, 6.45) is 3.23. The number of nitrogens with one attached hydrogen (secondary N) is 1. The number of aliphatic hydroxyl groups excluding tert-OH is 1. The van der Waals surface area contributed by atoms with Crippen molar-refractivity contribution in [2.75, 3.05) is 0 Å². The van der Waals surface area contributed by atoms with Gasteiger partial charge in [0.2, 0.25) is 0 Å². The maximum atomic E-state index is 10.1. The molecule has 0 bridgehead atoms. The summed E-state index contributed by atoms with van der Waals surface area (Å²) in [4.78, 5) is 4.41. The highest BCUT2D eigenvalue weighted by atomic mass is 16.3. The van der Waals surface area contributed by atoms with Gasteiger partial charge in [0.05, 0.1) is 12.6 Å². The minimum absolute atomic E-state index is 0.192. The van der Waals surface area contributed by atoms with E-state index in [1.165, 1.54) is 5.56 Å². The van der Waals surface area contributed by atoms with Gasteiger partial charge in [0.25, 0.3) is 0 Å². The van der Waals surface area contributed by atoms with Crippen molar-refractivity contribution in [3.63, 3.8) is 0 Å². The Balaban J connectivity index is 2.09. The molecule has 2 atom stereocenters. The molecule has 4 nitrogen and oxygen atoms in total. The van der Waals surface area contributed by atoms with Gasteiger partial charge in [-0.3, -0.25) is 5.32 Å². The lowest BCUT2D eigenvalue weighted by Crippen LogP contribution is -2.40. The smallest absolute Gasteiger partial charge is 0.123 e. The molecule has 2 N–H and O–H groups in total. The van der Waals surface area contributed by atoms with Crippen LogP contribution in [-0.2, 0) is 6.54 Å². The summed E-state index contributed by atoms with van der Waals surface area (Å²) in [7, 11) is 0. The second-order valence-corrected chi connectivity index (χ2v) is 6.49. The third kappa shape index (κ3) is 3.93. The van der Waals surface area contributed by atoms with E-state index in [1.54, 1.807) is 6.20 Å². The molecule has 4 heteroatoms. The Hall–Kier alpha value is -1.65. The Morgan fingerprint density at radius 1 is 1.24 bits per heavy atom. The van der Waals surface area contributed by atoms with Crippen LogP contribution in [0.25, 0.3) is 0 Å². The van der Waals surface area contributed by atoms with E-state index >= 15 is 0 Å². The maximum Gasteiger partial charge on any atom is 0.123 e. The molecule has 1 heterocycles. The molecule has 114 valence electrons. The van der Waals surface area contributed by atoms with Crippen LogP contribution in [0, 0.1) is 5.41 Å². The van der Waals surface area contributed by atoms with Gasteiger partial charge in [-0.05, 0) is 12.5 Å². The van der Waals surface area contributed by atoms with Crippen LogP contribution in [0.3, 0.4) is 0 Å². The molecule has 1 aromatic heterocycles. The molecule has 2 rings (SSSR count). The molecule has 0 aliphatic rings. The zero-order valence-corrected chi connectivity index (χ0v) is 13.2. The predicted molar refractivity (Wildman–Crippen MR) is 84.8 cm³/mol. The number of imidazole rings is 1. The molecule has 0 aliphatic heterocycles. The van der Waals surface area contributed by atoms with E-state index in [2.05, 4.69) is 33.9 Å². The predicted octanol–water partition coefficient (Wildman–Crippen LogP) is 2.95. The minimum atomic E-state index is -0.560. The molecule has 0 radical (unpaired) electrons. The number of hydrogen-bond acceptors (Lipinski definition) is 3. The molecule has 1 aromatic carbocycles. The number of benzene rings is 1. The Labute approximate surface area is 126 Å². The second kappa shape index (κ2) is 6.41. The number of aliphatic hydroxyl groups is 1. The van der Waals surface area contributed by atoms with Crippen molar-refractivity contribution in [2.24, 2.45) is 5.41 Å². The molecule has 0 fully saturated rings. The third-order valence-electron chi connectivity index (χ3n) is 3.72. The van der Waals surface area contributed by atoms with Crippen LogP contribution in [0.15, 0.2) is 42.7 Å². The standard InChI is InChI=1S/C17H25N3O/c1-13(14-8-6-5-7-9-14)20-11-10-18-15(20)12-19-16(21)17(2,3)4/h5-11,13,16,19,21H,12H2,1-4H3. The van der Waals surface area contributed by atoms with Gasteiger partial charge < -0.3 is 9.67 Å². The number of hydrogen-bond donors (Lipinski definition) is 2. The topological polar surface area (TPSA) is 50.1 Å². The Bertz CT molecular complexity index is 557. The van der Waals surface area contributed by atoms with Crippen molar-refractivity contribution < 1.29 is 5.11 Å². The van der Waals surface area contributed by atoms with Crippen LogP contribution >= 0.6 is 0 Å². The van der Waals surface area contributed by atoms with Crippen molar-refractivity contribution >= 4 is 0 Å². The maximum absolute atomic E-state index is 10.1. The quantitative estimate of drug-likeness (QED) is 0.831. The number of rotatable bonds is 5. The molecule has 2 unspecified atom stereocenters. The van der Waals surface area contributed by atoms with E-state index in [4.69, 9.17) is 0 Å². The fourth-order valence-electron chi connectivity index (χ4n) is 2.22. The average molecular weight is 287 g/mol. The first-order valence-electron chi connectivity index (χ1n) is 7.37. The summed E-state index contributed by atoms with van der Waals surface area (Å²) >= 11 is 0. The number of aromatic nitrogens is 2. The summed E-state index contributed by atoms with van der Waals surface area (Å²) in [6, 6.07) is 10.6. The first-order chi connectivity index (χ1) is 9.89. The molecule has 0 spiro atoms. The average Bonchev–Trinajstić information content (AvgIpc) is 2.92. The van der Waals surface area contributed by atoms with Crippen LogP contribution in [0.4, 0.5) is 0 Å². The molecule has 0 saturated heterocycles. The van der Waals surface area contributed by atoms with Gasteiger partial charge in [0.15, 0.2) is 0 Å². The van der Waals surface area contributed by atoms with E-state index in [0.717, 1.165) is 5.82 Å². The van der Waals surface area contributed by atoms with Gasteiger partial charge in [-0.15, -0.1) is 0 Å². The van der Waals surface area contributed by atoms with Crippen molar-refractivity contribution in [2.45, 2.75) is 46.5 Å². The summed E-state index contributed by atoms with van der Waals surface area (Å²) in [5, 5.41) is 13.2. The monoisotopic (exact) mass is 287 g/mol. The Kier molecular flexibility index (Phi) is 4.80. The van der Waals surface area contributed by atoms with E-state index in [1.807, 2.05) is 45.2 Å². The number of nitrogens with zero attached hydrogens (tertiary/aromatic N) is 2. The van der Waals surface area contributed by atoms with E-state index in [-0.39, 0.29) is 11.5 Å². The Morgan fingerprint density at radius 2 is 1.90 bits per heavy atom. The van der Waals surface area contributed by atoms with Crippen LogP contribution in [0.5, 0.6) is 0 Å². The van der Waals surface area contributed by atoms with Crippen LogP contribution in [0.1, 0.15) is 45.1 Å². The van der Waals surface area contributed by atoms with Gasteiger partial charge in [-0.1, -0.05) is 51.1 Å². The third-order valence-corrected chi connectivity index (χ3v) is 3.72. The molecule has 0 amide bonds. The molecule has 0 aliphatic carbocycles. The summed E-state index contributed by atoms with van der Waals surface area (Å²) in [5.74, 6) is 0.926. The van der Waals surface area contributed by atoms with Crippen LogP contribution in [0.2, 0.25) is 0 Å².